The lowest BCUT2D eigenvalue weighted by atomic mass is 9.59. The SMILES string of the molecule is CC(C)(C)Cc1ccc2c(c1)C1(c3ccccc3N(c3ccc(-c4ccccc4)cc3)c3ccccc31)c1ccccc1N2c1ccc(-c2ccccc2)cc1. The Morgan fingerprint density at radius 3 is 1.12 bits per heavy atom. The van der Waals surface area contributed by atoms with Gasteiger partial charge in [0.1, 0.15) is 0 Å². The zero-order valence-corrected chi connectivity index (χ0v) is 32.2. The Morgan fingerprint density at radius 1 is 0.357 bits per heavy atom. The Bertz CT molecular complexity index is 2580. The molecule has 10 rings (SSSR count). The molecule has 2 heterocycles. The molecule has 1 spiro atoms. The molecule has 0 aliphatic carbocycles. The molecular formula is C54H44N2. The van der Waals surface area contributed by atoms with Gasteiger partial charge in [0.2, 0.25) is 0 Å². The third-order valence-corrected chi connectivity index (χ3v) is 11.6. The summed E-state index contributed by atoms with van der Waals surface area (Å²) in [5, 5.41) is 0. The van der Waals surface area contributed by atoms with E-state index in [1.165, 1.54) is 72.8 Å². The summed E-state index contributed by atoms with van der Waals surface area (Å²) in [5.74, 6) is 0. The van der Waals surface area contributed by atoms with E-state index in [4.69, 9.17) is 0 Å². The first-order chi connectivity index (χ1) is 27.4. The first-order valence-corrected chi connectivity index (χ1v) is 19.7. The van der Waals surface area contributed by atoms with Gasteiger partial charge >= 0.3 is 0 Å². The van der Waals surface area contributed by atoms with Crippen molar-refractivity contribution in [1.82, 2.24) is 0 Å². The summed E-state index contributed by atoms with van der Waals surface area (Å²) >= 11 is 0. The van der Waals surface area contributed by atoms with E-state index in [9.17, 15) is 0 Å². The molecule has 2 heteroatoms. The van der Waals surface area contributed by atoms with Crippen molar-refractivity contribution < 1.29 is 0 Å². The van der Waals surface area contributed by atoms with Gasteiger partial charge in [0.15, 0.2) is 0 Å². The molecule has 0 fully saturated rings. The van der Waals surface area contributed by atoms with Gasteiger partial charge in [-0.05, 0) is 110 Å². The van der Waals surface area contributed by atoms with E-state index in [1.807, 2.05) is 0 Å². The van der Waals surface area contributed by atoms with Crippen molar-refractivity contribution in [3.05, 3.63) is 228 Å². The van der Waals surface area contributed by atoms with E-state index in [0.29, 0.717) is 0 Å². The largest absolute Gasteiger partial charge is 0.310 e. The lowest BCUT2D eigenvalue weighted by molar-refractivity contribution is 0.411. The maximum absolute atomic E-state index is 2.53. The Kier molecular flexibility index (Phi) is 8.04. The zero-order valence-electron chi connectivity index (χ0n) is 32.2. The number of para-hydroxylation sites is 3. The molecule has 2 aliphatic heterocycles. The number of benzene rings is 8. The van der Waals surface area contributed by atoms with Gasteiger partial charge in [0.25, 0.3) is 0 Å². The van der Waals surface area contributed by atoms with Gasteiger partial charge < -0.3 is 9.80 Å². The fraction of sp³-hybridized carbons (Fsp3) is 0.111. The van der Waals surface area contributed by atoms with Crippen LogP contribution in [0.4, 0.5) is 34.1 Å². The average Bonchev–Trinajstić information content (AvgIpc) is 3.24. The Hall–Kier alpha value is -6.64. The summed E-state index contributed by atoms with van der Waals surface area (Å²) in [4.78, 5) is 4.96. The van der Waals surface area contributed by atoms with E-state index in [0.717, 1.165) is 17.8 Å². The highest BCUT2D eigenvalue weighted by Crippen LogP contribution is 2.64. The van der Waals surface area contributed by atoms with E-state index >= 15 is 0 Å². The standard InChI is InChI=1S/C54H44N2/c1-53(2,3)37-38-26-35-52-48(36-38)54(47-22-12-15-25-51(47)56(52)44-33-29-42(30-34-44)40-18-8-5-9-19-40)45-20-10-13-23-49(45)55(50-24-14-11-21-46(50)54)43-31-27-41(28-32-43)39-16-6-4-7-17-39/h4-36H,37H2,1-3H3. The fourth-order valence-electron chi connectivity index (χ4n) is 9.31. The monoisotopic (exact) mass is 720 g/mol. The minimum absolute atomic E-state index is 0.131. The summed E-state index contributed by atoms with van der Waals surface area (Å²) in [7, 11) is 0. The molecule has 0 aromatic heterocycles. The molecule has 0 bridgehead atoms. The predicted octanol–water partition coefficient (Wildman–Crippen LogP) is 14.6. The lowest BCUT2D eigenvalue weighted by Gasteiger charge is -2.51. The molecule has 8 aromatic carbocycles. The summed E-state index contributed by atoms with van der Waals surface area (Å²) in [6.07, 6.45) is 0.979. The van der Waals surface area contributed by atoms with Crippen molar-refractivity contribution >= 4 is 34.1 Å². The zero-order chi connectivity index (χ0) is 37.9. The van der Waals surface area contributed by atoms with E-state index in [1.54, 1.807) is 0 Å². The summed E-state index contributed by atoms with van der Waals surface area (Å²) < 4.78 is 0. The summed E-state index contributed by atoms with van der Waals surface area (Å²) in [6, 6.07) is 74.0. The highest BCUT2D eigenvalue weighted by Gasteiger charge is 2.51. The number of fused-ring (bicyclic) bond motifs is 8. The molecule has 0 unspecified atom stereocenters. The van der Waals surface area contributed by atoms with Crippen LogP contribution in [0.3, 0.4) is 0 Å². The van der Waals surface area contributed by atoms with Crippen LogP contribution in [-0.2, 0) is 11.8 Å². The van der Waals surface area contributed by atoms with Gasteiger partial charge in [0.05, 0.1) is 28.2 Å². The van der Waals surface area contributed by atoms with Crippen molar-refractivity contribution in [1.29, 1.82) is 0 Å². The molecule has 8 aromatic rings. The second kappa shape index (κ2) is 13.3. The smallest absolute Gasteiger partial charge is 0.0783 e. The molecule has 270 valence electrons. The second-order valence-corrected chi connectivity index (χ2v) is 16.4. The highest BCUT2D eigenvalue weighted by molar-refractivity contribution is 5.96. The van der Waals surface area contributed by atoms with Crippen molar-refractivity contribution in [3.63, 3.8) is 0 Å². The Labute approximate surface area is 331 Å². The predicted molar refractivity (Wildman–Crippen MR) is 235 cm³/mol. The van der Waals surface area contributed by atoms with Crippen LogP contribution in [-0.4, -0.2) is 0 Å². The number of anilines is 6. The number of hydrogen-bond donors (Lipinski definition) is 0. The number of nitrogens with zero attached hydrogens (tertiary/aromatic N) is 2. The van der Waals surface area contributed by atoms with Crippen LogP contribution >= 0.6 is 0 Å². The van der Waals surface area contributed by atoms with Gasteiger partial charge in [-0.3, -0.25) is 0 Å². The van der Waals surface area contributed by atoms with Gasteiger partial charge in [-0.15, -0.1) is 0 Å². The summed E-state index contributed by atoms with van der Waals surface area (Å²) in [5.41, 5.74) is 18.0. The third kappa shape index (κ3) is 5.47. The molecular weight excluding hydrogens is 677 g/mol. The normalized spacial score (nSPS) is 13.8. The van der Waals surface area contributed by atoms with Gasteiger partial charge in [-0.2, -0.15) is 0 Å². The van der Waals surface area contributed by atoms with Crippen molar-refractivity contribution in [2.75, 3.05) is 9.80 Å². The lowest BCUT2D eigenvalue weighted by Crippen LogP contribution is -2.42. The third-order valence-electron chi connectivity index (χ3n) is 11.6. The maximum atomic E-state index is 2.53. The van der Waals surface area contributed by atoms with Crippen LogP contribution in [0.15, 0.2) is 200 Å². The highest BCUT2D eigenvalue weighted by atomic mass is 15.2. The van der Waals surface area contributed by atoms with Gasteiger partial charge in [0, 0.05) is 11.4 Å². The van der Waals surface area contributed by atoms with Crippen LogP contribution < -0.4 is 9.80 Å². The average molecular weight is 721 g/mol. The first kappa shape index (κ1) is 33.9. The molecule has 0 N–H and O–H groups in total. The van der Waals surface area contributed by atoms with Gasteiger partial charge in [-0.1, -0.05) is 172 Å². The number of rotatable bonds is 5. The Balaban J connectivity index is 1.22. The van der Waals surface area contributed by atoms with Crippen LogP contribution in [0, 0.1) is 5.41 Å². The first-order valence-electron chi connectivity index (χ1n) is 19.7. The minimum Gasteiger partial charge on any atom is -0.310 e. The van der Waals surface area contributed by atoms with E-state index in [2.05, 4.69) is 231 Å². The molecule has 0 amide bonds. The van der Waals surface area contributed by atoms with E-state index < -0.39 is 5.41 Å². The summed E-state index contributed by atoms with van der Waals surface area (Å²) in [6.45, 7) is 7.01. The second-order valence-electron chi connectivity index (χ2n) is 16.4. The van der Waals surface area contributed by atoms with Crippen LogP contribution in [0.2, 0.25) is 0 Å². The molecule has 2 aliphatic rings. The quantitative estimate of drug-likeness (QED) is 0.175. The maximum Gasteiger partial charge on any atom is 0.0783 e. The number of hydrogen-bond acceptors (Lipinski definition) is 2. The van der Waals surface area contributed by atoms with Gasteiger partial charge in [-0.25, -0.2) is 0 Å². The van der Waals surface area contributed by atoms with Crippen LogP contribution in [0.1, 0.15) is 48.6 Å². The Morgan fingerprint density at radius 2 is 0.714 bits per heavy atom. The molecule has 0 saturated heterocycles. The van der Waals surface area contributed by atoms with E-state index in [-0.39, 0.29) is 5.41 Å². The fourth-order valence-corrected chi connectivity index (χ4v) is 9.31. The topological polar surface area (TPSA) is 6.48 Å². The van der Waals surface area contributed by atoms with Crippen molar-refractivity contribution in [3.8, 4) is 22.3 Å². The molecule has 0 saturated carbocycles. The molecule has 0 atom stereocenters. The van der Waals surface area contributed by atoms with Crippen LogP contribution in [0.5, 0.6) is 0 Å². The van der Waals surface area contributed by atoms with Crippen molar-refractivity contribution in [2.24, 2.45) is 5.41 Å². The minimum atomic E-state index is -0.575. The molecule has 56 heavy (non-hydrogen) atoms. The molecule has 0 radical (unpaired) electrons. The molecule has 2 nitrogen and oxygen atoms in total. The van der Waals surface area contributed by atoms with Crippen LogP contribution in [0.25, 0.3) is 22.3 Å². The van der Waals surface area contributed by atoms with Crippen molar-refractivity contribution in [2.45, 2.75) is 32.6 Å².